The molecule has 6 nitrogen and oxygen atoms in total. The second-order valence-corrected chi connectivity index (χ2v) is 7.81. The second kappa shape index (κ2) is 6.57. The Bertz CT molecular complexity index is 884. The van der Waals surface area contributed by atoms with Crippen LogP contribution < -0.4 is 0 Å². The summed E-state index contributed by atoms with van der Waals surface area (Å²) in [6.45, 7) is 3.34. The lowest BCUT2D eigenvalue weighted by Crippen LogP contribution is -2.38. The molecule has 1 atom stereocenters. The summed E-state index contributed by atoms with van der Waals surface area (Å²) in [6.07, 6.45) is 1.20. The first-order chi connectivity index (χ1) is 12.0. The van der Waals surface area contributed by atoms with Crippen molar-refractivity contribution in [1.82, 2.24) is 19.5 Å². The summed E-state index contributed by atoms with van der Waals surface area (Å²) in [4.78, 5) is 8.15. The maximum atomic E-state index is 10.7. The molecular weight excluding hydrogens is 360 g/mol. The van der Waals surface area contributed by atoms with Gasteiger partial charge < -0.3 is 10.2 Å². The number of aryl methyl sites for hydroxylation is 1. The van der Waals surface area contributed by atoms with Crippen molar-refractivity contribution in [2.24, 2.45) is 0 Å². The van der Waals surface area contributed by atoms with Gasteiger partial charge in [-0.3, -0.25) is 4.90 Å². The first kappa shape index (κ1) is 16.8. The Kier molecular flexibility index (Phi) is 4.41. The molecule has 0 radical (unpaired) electrons. The fraction of sp³-hybridized carbons (Fsp3) is 0.412. The highest BCUT2D eigenvalue weighted by Crippen LogP contribution is 2.41. The van der Waals surface area contributed by atoms with Gasteiger partial charge in [-0.1, -0.05) is 35.1 Å². The van der Waals surface area contributed by atoms with Gasteiger partial charge in [-0.05, 0) is 37.5 Å². The number of aliphatic hydroxyl groups excluding tert-OH is 1. The van der Waals surface area contributed by atoms with E-state index in [4.69, 9.17) is 11.6 Å². The average Bonchev–Trinajstić information content (AvgIpc) is 3.09. The van der Waals surface area contributed by atoms with E-state index in [0.29, 0.717) is 15.8 Å². The summed E-state index contributed by atoms with van der Waals surface area (Å²) >= 11 is 7.49. The molecule has 2 N–H and O–H groups in total. The summed E-state index contributed by atoms with van der Waals surface area (Å²) in [5.41, 5.74) is 1.05. The van der Waals surface area contributed by atoms with Gasteiger partial charge in [-0.25, -0.2) is 4.98 Å². The molecular formula is C17H19ClN4O2S. The Morgan fingerprint density at radius 2 is 1.92 bits per heavy atom. The van der Waals surface area contributed by atoms with E-state index in [9.17, 15) is 10.2 Å². The van der Waals surface area contributed by atoms with Gasteiger partial charge in [0.25, 0.3) is 0 Å². The number of thiazole rings is 1. The van der Waals surface area contributed by atoms with Crippen molar-refractivity contribution in [2.75, 3.05) is 13.1 Å². The fourth-order valence-electron chi connectivity index (χ4n) is 3.34. The van der Waals surface area contributed by atoms with Gasteiger partial charge in [0.1, 0.15) is 5.82 Å². The molecule has 1 unspecified atom stereocenters. The van der Waals surface area contributed by atoms with Gasteiger partial charge in [-0.15, -0.1) is 5.10 Å². The molecule has 1 aliphatic heterocycles. The molecule has 4 rings (SSSR count). The Morgan fingerprint density at radius 3 is 2.56 bits per heavy atom. The fourth-order valence-corrected chi connectivity index (χ4v) is 4.63. The van der Waals surface area contributed by atoms with E-state index in [1.54, 1.807) is 0 Å². The maximum Gasteiger partial charge on any atom is 0.230 e. The largest absolute Gasteiger partial charge is 0.492 e. The van der Waals surface area contributed by atoms with Gasteiger partial charge in [0.2, 0.25) is 10.8 Å². The molecule has 0 spiro atoms. The topological polar surface area (TPSA) is 73.9 Å². The van der Waals surface area contributed by atoms with Crippen LogP contribution in [-0.2, 0) is 0 Å². The SMILES string of the molecule is Cc1nc2sc(C(c3ccc(Cl)cc3)N3CCC(O)CC3)c(O)n2n1. The van der Waals surface area contributed by atoms with E-state index < -0.39 is 0 Å². The minimum absolute atomic E-state index is 0.112. The molecule has 132 valence electrons. The van der Waals surface area contributed by atoms with Gasteiger partial charge in [-0.2, -0.15) is 4.52 Å². The van der Waals surface area contributed by atoms with Crippen LogP contribution in [0.25, 0.3) is 4.96 Å². The molecule has 8 heteroatoms. The highest BCUT2D eigenvalue weighted by Gasteiger charge is 2.31. The summed E-state index contributed by atoms with van der Waals surface area (Å²) in [7, 11) is 0. The normalized spacial score (nSPS) is 18.0. The lowest BCUT2D eigenvalue weighted by Gasteiger charge is -2.36. The summed E-state index contributed by atoms with van der Waals surface area (Å²) in [5, 5.41) is 25.5. The van der Waals surface area contributed by atoms with Crippen molar-refractivity contribution < 1.29 is 10.2 Å². The Morgan fingerprint density at radius 1 is 1.24 bits per heavy atom. The zero-order chi connectivity index (χ0) is 17.6. The molecule has 0 amide bonds. The highest BCUT2D eigenvalue weighted by atomic mass is 35.5. The maximum absolute atomic E-state index is 10.7. The van der Waals surface area contributed by atoms with Gasteiger partial charge >= 0.3 is 0 Å². The van der Waals surface area contributed by atoms with E-state index in [-0.39, 0.29) is 18.0 Å². The van der Waals surface area contributed by atoms with Crippen LogP contribution >= 0.6 is 22.9 Å². The van der Waals surface area contributed by atoms with Crippen molar-refractivity contribution in [3.63, 3.8) is 0 Å². The smallest absolute Gasteiger partial charge is 0.230 e. The van der Waals surface area contributed by atoms with E-state index in [1.165, 1.54) is 15.9 Å². The first-order valence-electron chi connectivity index (χ1n) is 8.25. The zero-order valence-corrected chi connectivity index (χ0v) is 15.3. The van der Waals surface area contributed by atoms with Crippen LogP contribution in [0.2, 0.25) is 5.02 Å². The minimum Gasteiger partial charge on any atom is -0.492 e. The average molecular weight is 379 g/mol. The van der Waals surface area contributed by atoms with Gasteiger partial charge in [0.15, 0.2) is 0 Å². The van der Waals surface area contributed by atoms with Crippen LogP contribution in [-0.4, -0.2) is 48.9 Å². The third-order valence-corrected chi connectivity index (χ3v) is 5.93. The quantitative estimate of drug-likeness (QED) is 0.732. The van der Waals surface area contributed by atoms with Crippen molar-refractivity contribution in [3.05, 3.63) is 45.6 Å². The van der Waals surface area contributed by atoms with Gasteiger partial charge in [0, 0.05) is 18.1 Å². The van der Waals surface area contributed by atoms with E-state index >= 15 is 0 Å². The second-order valence-electron chi connectivity index (χ2n) is 6.36. The molecule has 1 fully saturated rings. The van der Waals surface area contributed by atoms with E-state index in [2.05, 4.69) is 15.0 Å². The standard InChI is InChI=1S/C17H19ClN4O2S/c1-10-19-17-22(20-10)16(24)15(25-17)14(11-2-4-12(18)5-3-11)21-8-6-13(23)7-9-21/h2-5,13-14,23-24H,6-9H2,1H3. The Balaban J connectivity index is 1.79. The number of rotatable bonds is 3. The first-order valence-corrected chi connectivity index (χ1v) is 9.45. The number of fused-ring (bicyclic) bond motifs is 1. The third-order valence-electron chi connectivity index (χ3n) is 4.60. The number of nitrogens with zero attached hydrogens (tertiary/aromatic N) is 4. The molecule has 0 aliphatic carbocycles. The number of halogens is 1. The molecule has 3 aromatic rings. The summed E-state index contributed by atoms with van der Waals surface area (Å²) in [5.74, 6) is 0.768. The number of aromatic hydroxyl groups is 1. The van der Waals surface area contributed by atoms with Crippen LogP contribution in [0.4, 0.5) is 0 Å². The molecule has 1 aromatic carbocycles. The lowest BCUT2D eigenvalue weighted by atomic mass is 9.99. The summed E-state index contributed by atoms with van der Waals surface area (Å²) in [6, 6.07) is 7.58. The minimum atomic E-state index is -0.249. The number of aromatic nitrogens is 3. The monoisotopic (exact) mass is 378 g/mol. The van der Waals surface area contributed by atoms with Crippen LogP contribution in [0, 0.1) is 6.92 Å². The molecule has 1 saturated heterocycles. The van der Waals surface area contributed by atoms with E-state index in [0.717, 1.165) is 36.4 Å². The van der Waals surface area contributed by atoms with Gasteiger partial charge in [0.05, 0.1) is 17.0 Å². The van der Waals surface area contributed by atoms with Crippen molar-refractivity contribution in [2.45, 2.75) is 31.9 Å². The van der Waals surface area contributed by atoms with Crippen LogP contribution in [0.3, 0.4) is 0 Å². The molecule has 0 saturated carbocycles. The van der Waals surface area contributed by atoms with Crippen molar-refractivity contribution >= 4 is 27.9 Å². The van der Waals surface area contributed by atoms with Crippen LogP contribution in [0.1, 0.15) is 35.1 Å². The number of piperidine rings is 1. The number of aliphatic hydroxyl groups is 1. The number of hydrogen-bond acceptors (Lipinski definition) is 6. The predicted molar refractivity (Wildman–Crippen MR) is 97.4 cm³/mol. The summed E-state index contributed by atoms with van der Waals surface area (Å²) < 4.78 is 1.50. The van der Waals surface area contributed by atoms with Crippen molar-refractivity contribution in [3.8, 4) is 5.88 Å². The number of benzene rings is 1. The number of likely N-dealkylation sites (tertiary alicyclic amines) is 1. The highest BCUT2D eigenvalue weighted by molar-refractivity contribution is 7.17. The third kappa shape index (κ3) is 3.13. The molecule has 2 aromatic heterocycles. The zero-order valence-electron chi connectivity index (χ0n) is 13.8. The number of hydrogen-bond donors (Lipinski definition) is 2. The Labute approximate surface area is 154 Å². The van der Waals surface area contributed by atoms with Crippen molar-refractivity contribution in [1.29, 1.82) is 0 Å². The molecule has 1 aliphatic rings. The molecule has 3 heterocycles. The Hall–Kier alpha value is -1.67. The predicted octanol–water partition coefficient (Wildman–Crippen LogP) is 3.00. The van der Waals surface area contributed by atoms with Crippen LogP contribution in [0.15, 0.2) is 24.3 Å². The molecule has 25 heavy (non-hydrogen) atoms. The molecule has 0 bridgehead atoms. The van der Waals surface area contributed by atoms with Crippen LogP contribution in [0.5, 0.6) is 5.88 Å². The lowest BCUT2D eigenvalue weighted by molar-refractivity contribution is 0.0689. The van der Waals surface area contributed by atoms with E-state index in [1.807, 2.05) is 31.2 Å².